The molecule has 1 atom stereocenters. The van der Waals surface area contributed by atoms with Crippen LogP contribution in [0.15, 0.2) is 24.5 Å². The van der Waals surface area contributed by atoms with Crippen molar-refractivity contribution in [1.82, 2.24) is 9.97 Å². The summed E-state index contributed by atoms with van der Waals surface area (Å²) in [6.07, 6.45) is 7.68. The van der Waals surface area contributed by atoms with E-state index in [1.807, 2.05) is 18.3 Å². The Labute approximate surface area is 130 Å². The fraction of sp³-hybridized carbons (Fsp3) is 0.529. The number of hydrogen-bond donors (Lipinski definition) is 3. The molecule has 1 aliphatic rings. The number of nitrogens with one attached hydrogen (secondary N) is 2. The van der Waals surface area contributed by atoms with Crippen LogP contribution in [0.1, 0.15) is 32.6 Å². The molecule has 1 saturated carbocycles. The summed E-state index contributed by atoms with van der Waals surface area (Å²) in [4.78, 5) is 19.8. The molecular formula is C17H24N4O. The van der Waals surface area contributed by atoms with Crippen LogP contribution < -0.4 is 11.1 Å². The molecule has 0 radical (unpaired) electrons. The van der Waals surface area contributed by atoms with E-state index < -0.39 is 0 Å². The molecule has 0 aromatic carbocycles. The zero-order valence-electron chi connectivity index (χ0n) is 13.0. The minimum Gasteiger partial charge on any atom is -0.346 e. The van der Waals surface area contributed by atoms with Crippen LogP contribution in [-0.4, -0.2) is 22.4 Å². The maximum absolute atomic E-state index is 12.5. The lowest BCUT2D eigenvalue weighted by atomic mass is 9.76. The van der Waals surface area contributed by atoms with Crippen molar-refractivity contribution in [2.75, 3.05) is 11.9 Å². The van der Waals surface area contributed by atoms with E-state index in [-0.39, 0.29) is 11.8 Å². The van der Waals surface area contributed by atoms with E-state index in [0.717, 1.165) is 48.9 Å². The Morgan fingerprint density at radius 3 is 2.91 bits per heavy atom. The summed E-state index contributed by atoms with van der Waals surface area (Å²) in [5.74, 6) is 1.48. The number of carbonyl (C=O) groups excluding carboxylic acids is 1. The van der Waals surface area contributed by atoms with E-state index >= 15 is 0 Å². The highest BCUT2D eigenvalue weighted by molar-refractivity contribution is 6.00. The molecule has 2 heterocycles. The lowest BCUT2D eigenvalue weighted by molar-refractivity contribution is -0.121. The predicted molar refractivity (Wildman–Crippen MR) is 88.4 cm³/mol. The van der Waals surface area contributed by atoms with Gasteiger partial charge in [-0.25, -0.2) is 4.98 Å². The Balaban J connectivity index is 1.62. The maximum Gasteiger partial charge on any atom is 0.227 e. The lowest BCUT2D eigenvalue weighted by Gasteiger charge is -2.31. The smallest absolute Gasteiger partial charge is 0.227 e. The molecule has 1 amide bonds. The van der Waals surface area contributed by atoms with E-state index in [2.05, 4.69) is 22.2 Å². The van der Waals surface area contributed by atoms with Gasteiger partial charge >= 0.3 is 0 Å². The van der Waals surface area contributed by atoms with E-state index in [1.54, 1.807) is 6.20 Å². The predicted octanol–water partition coefficient (Wildman–Crippen LogP) is 2.90. The van der Waals surface area contributed by atoms with Gasteiger partial charge in [0.2, 0.25) is 5.91 Å². The summed E-state index contributed by atoms with van der Waals surface area (Å²) >= 11 is 0. The number of aromatic nitrogens is 2. The van der Waals surface area contributed by atoms with Gasteiger partial charge in [-0.05, 0) is 56.2 Å². The molecule has 0 saturated heterocycles. The molecule has 3 rings (SSSR count). The number of carbonyl (C=O) groups is 1. The van der Waals surface area contributed by atoms with Crippen LogP contribution in [0.3, 0.4) is 0 Å². The van der Waals surface area contributed by atoms with Gasteiger partial charge in [0.05, 0.1) is 5.69 Å². The lowest BCUT2D eigenvalue weighted by Crippen LogP contribution is -2.30. The number of amides is 1. The minimum atomic E-state index is 0.114. The fourth-order valence-corrected chi connectivity index (χ4v) is 3.45. The Hall–Kier alpha value is -1.88. The van der Waals surface area contributed by atoms with Crippen molar-refractivity contribution >= 4 is 22.6 Å². The number of hydrogen-bond acceptors (Lipinski definition) is 3. The Morgan fingerprint density at radius 2 is 2.18 bits per heavy atom. The second-order valence-electron chi connectivity index (χ2n) is 6.41. The number of nitrogens with zero attached hydrogens (tertiary/aromatic N) is 1. The first-order valence-corrected chi connectivity index (χ1v) is 8.12. The summed E-state index contributed by atoms with van der Waals surface area (Å²) in [7, 11) is 0. The van der Waals surface area contributed by atoms with Gasteiger partial charge in [0.15, 0.2) is 0 Å². The average molecular weight is 300 g/mol. The van der Waals surface area contributed by atoms with Crippen molar-refractivity contribution in [1.29, 1.82) is 0 Å². The molecule has 2 aromatic heterocycles. The van der Waals surface area contributed by atoms with Gasteiger partial charge < -0.3 is 16.0 Å². The molecule has 2 aromatic rings. The van der Waals surface area contributed by atoms with Crippen LogP contribution >= 0.6 is 0 Å². The number of rotatable bonds is 4. The van der Waals surface area contributed by atoms with Crippen molar-refractivity contribution in [2.45, 2.75) is 32.6 Å². The molecule has 0 bridgehead atoms. The van der Waals surface area contributed by atoms with Gasteiger partial charge in [-0.3, -0.25) is 4.79 Å². The number of nitrogens with two attached hydrogens (primary N) is 1. The number of aromatic amines is 1. The first-order valence-electron chi connectivity index (χ1n) is 8.12. The van der Waals surface area contributed by atoms with Crippen molar-refractivity contribution in [2.24, 2.45) is 23.5 Å². The Bertz CT molecular complexity index is 643. The highest BCUT2D eigenvalue weighted by atomic mass is 16.1. The number of pyridine rings is 1. The molecule has 118 valence electrons. The van der Waals surface area contributed by atoms with Crippen LogP contribution in [0.4, 0.5) is 5.69 Å². The highest BCUT2D eigenvalue weighted by Gasteiger charge is 2.28. The van der Waals surface area contributed by atoms with Crippen LogP contribution in [-0.2, 0) is 4.79 Å². The minimum absolute atomic E-state index is 0.114. The first kappa shape index (κ1) is 15.0. The molecule has 1 aliphatic carbocycles. The van der Waals surface area contributed by atoms with Crippen molar-refractivity contribution in [3.05, 3.63) is 24.5 Å². The van der Waals surface area contributed by atoms with Gasteiger partial charge in [-0.2, -0.15) is 0 Å². The number of H-pyrrole nitrogens is 1. The Kier molecular flexibility index (Phi) is 4.43. The second kappa shape index (κ2) is 6.48. The molecule has 0 spiro atoms. The van der Waals surface area contributed by atoms with Crippen LogP contribution in [0, 0.1) is 17.8 Å². The quantitative estimate of drug-likeness (QED) is 0.811. The van der Waals surface area contributed by atoms with Crippen LogP contribution in [0.25, 0.3) is 11.0 Å². The van der Waals surface area contributed by atoms with Gasteiger partial charge in [0.1, 0.15) is 5.65 Å². The zero-order chi connectivity index (χ0) is 15.5. The third kappa shape index (κ3) is 2.99. The average Bonchev–Trinajstić information content (AvgIpc) is 3.04. The molecule has 5 heteroatoms. The molecule has 22 heavy (non-hydrogen) atoms. The molecule has 5 nitrogen and oxygen atoms in total. The highest BCUT2D eigenvalue weighted by Crippen LogP contribution is 2.34. The van der Waals surface area contributed by atoms with Crippen molar-refractivity contribution in [3.8, 4) is 0 Å². The summed E-state index contributed by atoms with van der Waals surface area (Å²) in [5.41, 5.74) is 7.40. The third-order valence-corrected chi connectivity index (χ3v) is 5.04. The van der Waals surface area contributed by atoms with Crippen molar-refractivity contribution in [3.63, 3.8) is 0 Å². The summed E-state index contributed by atoms with van der Waals surface area (Å²) in [5, 5.41) is 4.03. The summed E-state index contributed by atoms with van der Waals surface area (Å²) in [6, 6.07) is 3.80. The number of anilines is 1. The van der Waals surface area contributed by atoms with Crippen LogP contribution in [0.2, 0.25) is 0 Å². The molecule has 0 aliphatic heterocycles. The molecule has 1 unspecified atom stereocenters. The van der Waals surface area contributed by atoms with E-state index in [4.69, 9.17) is 5.73 Å². The third-order valence-electron chi connectivity index (χ3n) is 5.04. The topological polar surface area (TPSA) is 83.8 Å². The largest absolute Gasteiger partial charge is 0.346 e. The second-order valence-corrected chi connectivity index (χ2v) is 6.41. The Morgan fingerprint density at radius 1 is 1.41 bits per heavy atom. The van der Waals surface area contributed by atoms with E-state index in [0.29, 0.717) is 11.8 Å². The van der Waals surface area contributed by atoms with Gasteiger partial charge in [-0.1, -0.05) is 6.92 Å². The van der Waals surface area contributed by atoms with Gasteiger partial charge in [-0.15, -0.1) is 0 Å². The molecular weight excluding hydrogens is 276 g/mol. The van der Waals surface area contributed by atoms with Crippen LogP contribution in [0.5, 0.6) is 0 Å². The molecule has 1 fully saturated rings. The summed E-state index contributed by atoms with van der Waals surface area (Å²) in [6.45, 7) is 2.95. The maximum atomic E-state index is 12.5. The standard InChI is InChI=1S/C17H24N4O/c1-11(10-18)12-2-4-13(5-3-12)17(22)21-15-7-9-20-16-14(15)6-8-19-16/h6-9,11-13H,2-5,10,18H2,1H3,(H2,19,20,21,22). The number of fused-ring (bicyclic) bond motifs is 1. The van der Waals surface area contributed by atoms with E-state index in [1.165, 1.54) is 0 Å². The molecule has 4 N–H and O–H groups in total. The first-order chi connectivity index (χ1) is 10.7. The normalized spacial score (nSPS) is 23.4. The fourth-order valence-electron chi connectivity index (χ4n) is 3.45. The van der Waals surface area contributed by atoms with Gasteiger partial charge in [0.25, 0.3) is 0 Å². The zero-order valence-corrected chi connectivity index (χ0v) is 13.0. The SMILES string of the molecule is CC(CN)C1CCC(C(=O)Nc2ccnc3[nH]ccc23)CC1. The van der Waals surface area contributed by atoms with E-state index in [9.17, 15) is 4.79 Å². The summed E-state index contributed by atoms with van der Waals surface area (Å²) < 4.78 is 0. The van der Waals surface area contributed by atoms with Gasteiger partial charge in [0, 0.05) is 23.7 Å². The van der Waals surface area contributed by atoms with Crippen molar-refractivity contribution < 1.29 is 4.79 Å². The monoisotopic (exact) mass is 300 g/mol.